The van der Waals surface area contributed by atoms with Gasteiger partial charge in [-0.25, -0.2) is 0 Å². The van der Waals surface area contributed by atoms with Crippen LogP contribution in [0.3, 0.4) is 0 Å². The molecular formula is C21H20N6O2S2. The van der Waals surface area contributed by atoms with Gasteiger partial charge >= 0.3 is 0 Å². The van der Waals surface area contributed by atoms with Crippen LogP contribution in [0.1, 0.15) is 11.9 Å². The van der Waals surface area contributed by atoms with E-state index < -0.39 is 0 Å². The molecule has 31 heavy (non-hydrogen) atoms. The van der Waals surface area contributed by atoms with E-state index in [1.165, 1.54) is 23.1 Å². The second-order valence-corrected chi connectivity index (χ2v) is 8.40. The van der Waals surface area contributed by atoms with Gasteiger partial charge in [-0.2, -0.15) is 0 Å². The first-order chi connectivity index (χ1) is 15.2. The molecule has 1 amide bonds. The molecule has 2 heterocycles. The van der Waals surface area contributed by atoms with Crippen molar-refractivity contribution in [3.8, 4) is 22.8 Å². The highest BCUT2D eigenvalue weighted by molar-refractivity contribution is 7.99. The molecule has 8 nitrogen and oxygen atoms in total. The number of benzene rings is 2. The van der Waals surface area contributed by atoms with Crippen LogP contribution in [-0.4, -0.2) is 43.7 Å². The van der Waals surface area contributed by atoms with Gasteiger partial charge in [-0.1, -0.05) is 60.4 Å². The third-order valence-corrected chi connectivity index (χ3v) is 6.26. The third-order valence-electron chi connectivity index (χ3n) is 4.34. The summed E-state index contributed by atoms with van der Waals surface area (Å²) in [6.07, 6.45) is 0.787. The number of nitrogens with zero attached hydrogens (tertiary/aromatic N) is 5. The summed E-state index contributed by atoms with van der Waals surface area (Å²) < 4.78 is 7.21. The van der Waals surface area contributed by atoms with Crippen molar-refractivity contribution in [3.05, 3.63) is 59.6 Å². The highest BCUT2D eigenvalue weighted by Crippen LogP contribution is 2.29. The van der Waals surface area contributed by atoms with E-state index >= 15 is 0 Å². The van der Waals surface area contributed by atoms with Crippen LogP contribution in [-0.2, 0) is 11.2 Å². The molecule has 10 heteroatoms. The lowest BCUT2D eigenvalue weighted by atomic mass is 10.2. The quantitative estimate of drug-likeness (QED) is 0.402. The van der Waals surface area contributed by atoms with Gasteiger partial charge in [-0.05, 0) is 30.7 Å². The smallest absolute Gasteiger partial charge is 0.236 e. The molecular weight excluding hydrogens is 432 g/mol. The molecule has 2 aromatic heterocycles. The molecule has 2 aromatic carbocycles. The number of thioether (sulfide) groups is 1. The molecule has 158 valence electrons. The molecule has 4 rings (SSSR count). The van der Waals surface area contributed by atoms with E-state index in [0.29, 0.717) is 16.1 Å². The van der Waals surface area contributed by atoms with E-state index in [0.717, 1.165) is 28.4 Å². The molecule has 0 atom stereocenters. The Kier molecular flexibility index (Phi) is 6.58. The van der Waals surface area contributed by atoms with Crippen molar-refractivity contribution < 1.29 is 9.53 Å². The van der Waals surface area contributed by atoms with Crippen LogP contribution in [0.4, 0.5) is 5.13 Å². The first-order valence-electron chi connectivity index (χ1n) is 9.58. The number of aromatic nitrogens is 5. The normalized spacial score (nSPS) is 10.8. The predicted molar refractivity (Wildman–Crippen MR) is 122 cm³/mol. The minimum Gasteiger partial charge on any atom is -0.497 e. The minimum absolute atomic E-state index is 0.171. The highest BCUT2D eigenvalue weighted by atomic mass is 32.2. The summed E-state index contributed by atoms with van der Waals surface area (Å²) in [7, 11) is 1.63. The molecule has 0 radical (unpaired) electrons. The van der Waals surface area contributed by atoms with Gasteiger partial charge in [0, 0.05) is 11.3 Å². The second-order valence-electron chi connectivity index (χ2n) is 6.40. The molecule has 4 aromatic rings. The largest absolute Gasteiger partial charge is 0.497 e. The van der Waals surface area contributed by atoms with E-state index in [1.807, 2.05) is 66.1 Å². The molecule has 0 aliphatic rings. The summed E-state index contributed by atoms with van der Waals surface area (Å²) >= 11 is 2.69. The summed E-state index contributed by atoms with van der Waals surface area (Å²) in [5.41, 5.74) is 1.81. The number of hydrogen-bond acceptors (Lipinski definition) is 8. The van der Waals surface area contributed by atoms with Crippen LogP contribution in [0, 0.1) is 0 Å². The number of rotatable bonds is 8. The van der Waals surface area contributed by atoms with Crippen molar-refractivity contribution in [3.63, 3.8) is 0 Å². The van der Waals surface area contributed by atoms with Gasteiger partial charge < -0.3 is 4.74 Å². The lowest BCUT2D eigenvalue weighted by Crippen LogP contribution is -2.14. The van der Waals surface area contributed by atoms with E-state index in [4.69, 9.17) is 4.74 Å². The Morgan fingerprint density at radius 3 is 2.52 bits per heavy atom. The number of hydrogen-bond donors (Lipinski definition) is 1. The maximum absolute atomic E-state index is 12.4. The lowest BCUT2D eigenvalue weighted by Gasteiger charge is -2.11. The Balaban J connectivity index is 1.58. The SMILES string of the molecule is CCc1nnc(NC(=O)CSc2nnc(-c3ccccc3)n2-c2ccc(OC)cc2)s1. The molecule has 0 spiro atoms. The van der Waals surface area contributed by atoms with Crippen LogP contribution in [0.2, 0.25) is 0 Å². The fourth-order valence-corrected chi connectivity index (χ4v) is 4.28. The summed E-state index contributed by atoms with van der Waals surface area (Å²) in [6.45, 7) is 2.00. The van der Waals surface area contributed by atoms with E-state index in [2.05, 4.69) is 25.7 Å². The van der Waals surface area contributed by atoms with E-state index in [9.17, 15) is 4.79 Å². The monoisotopic (exact) mass is 452 g/mol. The molecule has 0 saturated carbocycles. The topological polar surface area (TPSA) is 94.8 Å². The van der Waals surface area contributed by atoms with Gasteiger partial charge in [0.15, 0.2) is 11.0 Å². The van der Waals surface area contributed by atoms with E-state index in [1.54, 1.807) is 7.11 Å². The predicted octanol–water partition coefficient (Wildman–Crippen LogP) is 4.09. The molecule has 0 aliphatic carbocycles. The summed E-state index contributed by atoms with van der Waals surface area (Å²) in [5.74, 6) is 1.46. The number of anilines is 1. The second kappa shape index (κ2) is 9.71. The van der Waals surface area contributed by atoms with Crippen molar-refractivity contribution in [1.29, 1.82) is 0 Å². The van der Waals surface area contributed by atoms with Crippen molar-refractivity contribution in [2.24, 2.45) is 0 Å². The van der Waals surface area contributed by atoms with Crippen molar-refractivity contribution in [2.75, 3.05) is 18.2 Å². The zero-order valence-electron chi connectivity index (χ0n) is 17.0. The molecule has 1 N–H and O–H groups in total. The number of aryl methyl sites for hydroxylation is 1. The Hall–Kier alpha value is -3.24. The molecule has 0 bridgehead atoms. The zero-order chi connectivity index (χ0) is 21.6. The van der Waals surface area contributed by atoms with Crippen molar-refractivity contribution in [2.45, 2.75) is 18.5 Å². The Bertz CT molecular complexity index is 1160. The average molecular weight is 453 g/mol. The number of nitrogens with one attached hydrogen (secondary N) is 1. The van der Waals surface area contributed by atoms with Crippen LogP contribution < -0.4 is 10.1 Å². The van der Waals surface area contributed by atoms with Crippen LogP contribution in [0.15, 0.2) is 59.8 Å². The molecule has 0 fully saturated rings. The van der Waals surface area contributed by atoms with Crippen LogP contribution in [0.5, 0.6) is 5.75 Å². The fraction of sp³-hybridized carbons (Fsp3) is 0.190. The zero-order valence-corrected chi connectivity index (χ0v) is 18.6. The number of amides is 1. The molecule has 0 unspecified atom stereocenters. The first kappa shape index (κ1) is 21.0. The van der Waals surface area contributed by atoms with Crippen molar-refractivity contribution in [1.82, 2.24) is 25.0 Å². The number of carbonyl (C=O) groups is 1. The standard InChI is InChI=1S/C21H20N6O2S2/c1-3-18-23-25-20(31-18)22-17(28)13-30-21-26-24-19(14-7-5-4-6-8-14)27(21)15-9-11-16(29-2)12-10-15/h4-12H,3,13H2,1-2H3,(H,22,25,28). The third kappa shape index (κ3) is 4.92. The van der Waals surface area contributed by atoms with Crippen LogP contribution in [0.25, 0.3) is 17.1 Å². The molecule has 0 saturated heterocycles. The van der Waals surface area contributed by atoms with Crippen LogP contribution >= 0.6 is 23.1 Å². The average Bonchev–Trinajstić information content (AvgIpc) is 3.45. The van der Waals surface area contributed by atoms with Gasteiger partial charge in [-0.3, -0.25) is 14.7 Å². The van der Waals surface area contributed by atoms with Gasteiger partial charge in [-0.15, -0.1) is 20.4 Å². The summed E-state index contributed by atoms with van der Waals surface area (Å²) in [4.78, 5) is 12.4. The maximum Gasteiger partial charge on any atom is 0.236 e. The number of methoxy groups -OCH3 is 1. The Labute approximate surface area is 187 Å². The first-order valence-corrected chi connectivity index (χ1v) is 11.4. The maximum atomic E-state index is 12.4. The van der Waals surface area contributed by atoms with Gasteiger partial charge in [0.25, 0.3) is 0 Å². The fourth-order valence-electron chi connectivity index (χ4n) is 2.83. The van der Waals surface area contributed by atoms with Gasteiger partial charge in [0.1, 0.15) is 10.8 Å². The lowest BCUT2D eigenvalue weighted by molar-refractivity contribution is -0.113. The number of carbonyl (C=O) groups excluding carboxylic acids is 1. The minimum atomic E-state index is -0.172. The Morgan fingerprint density at radius 2 is 1.84 bits per heavy atom. The Morgan fingerprint density at radius 1 is 1.06 bits per heavy atom. The molecule has 0 aliphatic heterocycles. The van der Waals surface area contributed by atoms with Crippen molar-refractivity contribution >= 4 is 34.1 Å². The van der Waals surface area contributed by atoms with E-state index in [-0.39, 0.29) is 11.7 Å². The highest BCUT2D eigenvalue weighted by Gasteiger charge is 2.18. The number of ether oxygens (including phenoxy) is 1. The van der Waals surface area contributed by atoms with Gasteiger partial charge in [0.2, 0.25) is 11.0 Å². The summed E-state index contributed by atoms with van der Waals surface area (Å²) in [5, 5.41) is 21.5. The van der Waals surface area contributed by atoms with Gasteiger partial charge in [0.05, 0.1) is 12.9 Å². The summed E-state index contributed by atoms with van der Waals surface area (Å²) in [6, 6.07) is 17.5.